The fourth-order valence-corrected chi connectivity index (χ4v) is 5.44. The molecular formula is C26H38O5Si. The van der Waals surface area contributed by atoms with Crippen LogP contribution < -0.4 is 23.4 Å². The summed E-state index contributed by atoms with van der Waals surface area (Å²) in [7, 11) is 4.47. The van der Waals surface area contributed by atoms with Gasteiger partial charge < -0.3 is 23.4 Å². The zero-order valence-corrected chi connectivity index (χ0v) is 22.0. The first-order valence-corrected chi connectivity index (χ1v) is 13.9. The average molecular weight is 459 g/mol. The third-order valence-electron chi connectivity index (χ3n) is 6.21. The van der Waals surface area contributed by atoms with Gasteiger partial charge >= 0.3 is 0 Å². The van der Waals surface area contributed by atoms with E-state index in [1.807, 2.05) is 42.5 Å². The Morgan fingerprint density at radius 1 is 0.750 bits per heavy atom. The van der Waals surface area contributed by atoms with Crippen LogP contribution in [0.4, 0.5) is 0 Å². The molecule has 0 aliphatic rings. The van der Waals surface area contributed by atoms with Crippen LogP contribution in [0.2, 0.25) is 18.1 Å². The molecule has 0 aliphatic heterocycles. The molecule has 0 saturated heterocycles. The van der Waals surface area contributed by atoms with Gasteiger partial charge in [-0.15, -0.1) is 0 Å². The van der Waals surface area contributed by atoms with Crippen LogP contribution in [0.3, 0.4) is 0 Å². The fraction of sp³-hybridized carbons (Fsp3) is 0.462. The summed E-state index contributed by atoms with van der Waals surface area (Å²) in [6, 6.07) is 9.86. The van der Waals surface area contributed by atoms with Crippen LogP contribution >= 0.6 is 0 Å². The minimum Gasteiger partial charge on any atom is -0.541 e. The lowest BCUT2D eigenvalue weighted by Crippen LogP contribution is -2.45. The zero-order chi connectivity index (χ0) is 23.9. The van der Waals surface area contributed by atoms with Crippen LogP contribution in [0.5, 0.6) is 28.7 Å². The average Bonchev–Trinajstić information content (AvgIpc) is 2.76. The maximum absolute atomic E-state index is 6.66. The molecule has 0 saturated carbocycles. The molecule has 176 valence electrons. The number of benzene rings is 2. The van der Waals surface area contributed by atoms with Crippen molar-refractivity contribution < 1.29 is 23.4 Å². The molecule has 0 bridgehead atoms. The van der Waals surface area contributed by atoms with Gasteiger partial charge in [-0.05, 0) is 59.9 Å². The highest BCUT2D eigenvalue weighted by Crippen LogP contribution is 2.44. The van der Waals surface area contributed by atoms with Gasteiger partial charge in [0.25, 0.3) is 8.32 Å². The SMILES string of the molecule is CCCC(C)(C)[Si](C)(C)Oc1cc(/C=C\c2cc(OC)c(OC)c(OC)c2)ccc1OC. The molecule has 0 aliphatic carbocycles. The summed E-state index contributed by atoms with van der Waals surface area (Å²) in [5.74, 6) is 3.37. The Kier molecular flexibility index (Phi) is 8.67. The first-order valence-electron chi connectivity index (χ1n) is 11.0. The van der Waals surface area contributed by atoms with Crippen LogP contribution in [0, 0.1) is 0 Å². The van der Waals surface area contributed by atoms with Gasteiger partial charge in [-0.3, -0.25) is 0 Å². The summed E-state index contributed by atoms with van der Waals surface area (Å²) in [6.45, 7) is 11.4. The van der Waals surface area contributed by atoms with Gasteiger partial charge in [-0.25, -0.2) is 0 Å². The molecule has 2 rings (SSSR count). The Morgan fingerprint density at radius 3 is 1.78 bits per heavy atom. The monoisotopic (exact) mass is 458 g/mol. The molecule has 0 amide bonds. The van der Waals surface area contributed by atoms with Crippen molar-refractivity contribution in [2.75, 3.05) is 28.4 Å². The van der Waals surface area contributed by atoms with E-state index in [-0.39, 0.29) is 5.04 Å². The van der Waals surface area contributed by atoms with Gasteiger partial charge in [0, 0.05) is 0 Å². The first-order chi connectivity index (χ1) is 15.1. The highest BCUT2D eigenvalue weighted by molar-refractivity contribution is 6.74. The topological polar surface area (TPSA) is 46.2 Å². The van der Waals surface area contributed by atoms with Crippen LogP contribution in [0.25, 0.3) is 12.2 Å². The minimum atomic E-state index is -2.04. The molecule has 32 heavy (non-hydrogen) atoms. The molecule has 0 unspecified atom stereocenters. The van der Waals surface area contributed by atoms with E-state index < -0.39 is 8.32 Å². The fourth-order valence-electron chi connectivity index (χ4n) is 3.61. The number of hydrogen-bond acceptors (Lipinski definition) is 5. The van der Waals surface area contributed by atoms with Gasteiger partial charge in [0.2, 0.25) is 5.75 Å². The van der Waals surface area contributed by atoms with Gasteiger partial charge in [-0.2, -0.15) is 0 Å². The van der Waals surface area contributed by atoms with Crippen molar-refractivity contribution in [3.8, 4) is 28.7 Å². The van der Waals surface area contributed by atoms with Crippen molar-refractivity contribution in [3.63, 3.8) is 0 Å². The van der Waals surface area contributed by atoms with Gasteiger partial charge in [0.05, 0.1) is 28.4 Å². The molecular weight excluding hydrogens is 420 g/mol. The quantitative estimate of drug-likeness (QED) is 0.266. The summed E-state index contributed by atoms with van der Waals surface area (Å²) >= 11 is 0. The Balaban J connectivity index is 2.38. The standard InChI is InChI=1S/C26H38O5Si/c1-10-15-26(2,3)32(8,9)31-22-16-19(13-14-21(22)27-4)11-12-20-17-23(28-5)25(30-7)24(18-20)29-6/h11-14,16-18H,10,15H2,1-9H3/b12-11-. The van der Waals surface area contributed by atoms with E-state index in [2.05, 4.69) is 33.9 Å². The summed E-state index contributed by atoms with van der Waals surface area (Å²) in [5.41, 5.74) is 1.96. The lowest BCUT2D eigenvalue weighted by Gasteiger charge is -2.39. The smallest absolute Gasteiger partial charge is 0.250 e. The van der Waals surface area contributed by atoms with Crippen LogP contribution in [0.15, 0.2) is 30.3 Å². The molecule has 5 nitrogen and oxygen atoms in total. The van der Waals surface area contributed by atoms with E-state index in [0.717, 1.165) is 35.5 Å². The van der Waals surface area contributed by atoms with Crippen molar-refractivity contribution in [3.05, 3.63) is 41.5 Å². The lowest BCUT2D eigenvalue weighted by molar-refractivity contribution is 0.324. The second-order valence-corrected chi connectivity index (χ2v) is 13.5. The number of methoxy groups -OCH3 is 4. The molecule has 0 N–H and O–H groups in total. The summed E-state index contributed by atoms with van der Waals surface area (Å²) < 4.78 is 28.6. The molecule has 0 aromatic heterocycles. The van der Waals surface area contributed by atoms with Crippen LogP contribution in [0.1, 0.15) is 44.7 Å². The van der Waals surface area contributed by atoms with Gasteiger partial charge in [-0.1, -0.05) is 45.4 Å². The molecule has 2 aromatic rings. The second-order valence-electron chi connectivity index (χ2n) is 8.95. The van der Waals surface area contributed by atoms with Crippen LogP contribution in [-0.2, 0) is 0 Å². The minimum absolute atomic E-state index is 0.148. The number of ether oxygens (including phenoxy) is 4. The summed E-state index contributed by atoms with van der Waals surface area (Å²) in [6.07, 6.45) is 6.33. The largest absolute Gasteiger partial charge is 0.541 e. The zero-order valence-electron chi connectivity index (χ0n) is 21.0. The van der Waals surface area contributed by atoms with Crippen molar-refractivity contribution in [1.82, 2.24) is 0 Å². The third-order valence-corrected chi connectivity index (χ3v) is 10.5. The summed E-state index contributed by atoms with van der Waals surface area (Å²) in [5, 5.41) is 0.148. The van der Waals surface area contributed by atoms with Gasteiger partial charge in [0.1, 0.15) is 5.75 Å². The molecule has 0 fully saturated rings. The highest BCUT2D eigenvalue weighted by Gasteiger charge is 2.42. The van der Waals surface area contributed by atoms with E-state index in [4.69, 9.17) is 23.4 Å². The Bertz CT molecular complexity index is 909. The van der Waals surface area contributed by atoms with Crippen LogP contribution in [-0.4, -0.2) is 36.8 Å². The highest BCUT2D eigenvalue weighted by atomic mass is 28.4. The molecule has 0 atom stereocenters. The Hall–Kier alpha value is -2.60. The van der Waals surface area contributed by atoms with Crippen molar-refractivity contribution in [2.24, 2.45) is 0 Å². The number of hydrogen-bond donors (Lipinski definition) is 0. The van der Waals surface area contributed by atoms with E-state index in [1.165, 1.54) is 0 Å². The number of rotatable bonds is 11. The van der Waals surface area contributed by atoms with E-state index in [1.54, 1.807) is 28.4 Å². The first kappa shape index (κ1) is 25.7. The van der Waals surface area contributed by atoms with E-state index >= 15 is 0 Å². The van der Waals surface area contributed by atoms with Crippen molar-refractivity contribution in [1.29, 1.82) is 0 Å². The third kappa shape index (κ3) is 5.79. The molecule has 6 heteroatoms. The molecule has 0 heterocycles. The predicted octanol–water partition coefficient (Wildman–Crippen LogP) is 7.06. The Morgan fingerprint density at radius 2 is 1.28 bits per heavy atom. The molecule has 2 aromatic carbocycles. The maximum atomic E-state index is 6.66. The van der Waals surface area contributed by atoms with Gasteiger partial charge in [0.15, 0.2) is 17.2 Å². The second kappa shape index (κ2) is 10.8. The Labute approximate surface area is 194 Å². The maximum Gasteiger partial charge on any atom is 0.250 e. The van der Waals surface area contributed by atoms with Crippen molar-refractivity contribution in [2.45, 2.75) is 51.7 Å². The van der Waals surface area contributed by atoms with E-state index in [0.29, 0.717) is 17.2 Å². The predicted molar refractivity (Wildman–Crippen MR) is 135 cm³/mol. The normalized spacial score (nSPS) is 12.0. The summed E-state index contributed by atoms with van der Waals surface area (Å²) in [4.78, 5) is 0. The lowest BCUT2D eigenvalue weighted by atomic mass is 10.1. The van der Waals surface area contributed by atoms with E-state index in [9.17, 15) is 0 Å². The van der Waals surface area contributed by atoms with Crippen molar-refractivity contribution >= 4 is 20.5 Å². The molecule has 0 radical (unpaired) electrons. The molecule has 0 spiro atoms.